The second-order valence-corrected chi connectivity index (χ2v) is 6.61. The number of ether oxygens (including phenoxy) is 1. The Balaban J connectivity index is 1.93. The number of imide groups is 1. The molecule has 26 heavy (non-hydrogen) atoms. The highest BCUT2D eigenvalue weighted by Gasteiger charge is 2.35. The van der Waals surface area contributed by atoms with Gasteiger partial charge in [-0.05, 0) is 48.9 Å². The Morgan fingerprint density at radius 1 is 1.12 bits per heavy atom. The Morgan fingerprint density at radius 3 is 2.42 bits per heavy atom. The molecule has 0 aromatic heterocycles. The lowest BCUT2D eigenvalue weighted by atomic mass is 10.1. The Kier molecular flexibility index (Phi) is 5.41. The molecule has 3 amide bonds. The number of hydrogen-bond donors (Lipinski definition) is 1. The molecule has 0 aliphatic carbocycles. The van der Waals surface area contributed by atoms with E-state index < -0.39 is 11.9 Å². The maximum absolute atomic E-state index is 12.6. The van der Waals surface area contributed by atoms with Crippen LogP contribution in [-0.4, -0.2) is 18.5 Å². The highest BCUT2D eigenvalue weighted by atomic mass is 35.5. The van der Waals surface area contributed by atoms with Gasteiger partial charge in [0.2, 0.25) is 0 Å². The quantitative estimate of drug-likeness (QED) is 0.559. The lowest BCUT2D eigenvalue weighted by Crippen LogP contribution is -2.30. The van der Waals surface area contributed by atoms with Gasteiger partial charge in [0.15, 0.2) is 5.75 Å². The van der Waals surface area contributed by atoms with Gasteiger partial charge in [0, 0.05) is 5.02 Å². The van der Waals surface area contributed by atoms with Gasteiger partial charge in [0.1, 0.15) is 5.70 Å². The van der Waals surface area contributed by atoms with E-state index >= 15 is 0 Å². The van der Waals surface area contributed by atoms with Crippen molar-refractivity contribution in [2.24, 2.45) is 0 Å². The number of benzene rings is 2. The molecule has 5 nitrogen and oxygen atoms in total. The summed E-state index contributed by atoms with van der Waals surface area (Å²) in [6, 6.07) is 9.12. The second kappa shape index (κ2) is 7.58. The van der Waals surface area contributed by atoms with Gasteiger partial charge < -0.3 is 10.1 Å². The molecule has 0 saturated carbocycles. The SMILES string of the molecule is CCOc1c(Cl)cc(C=C2NC(=O)N(c3cccc(Cl)c3)C2=O)cc1Cl. The lowest BCUT2D eigenvalue weighted by Gasteiger charge is -2.11. The maximum atomic E-state index is 12.6. The van der Waals surface area contributed by atoms with Crippen LogP contribution in [0.25, 0.3) is 6.08 Å². The smallest absolute Gasteiger partial charge is 0.333 e. The van der Waals surface area contributed by atoms with E-state index in [2.05, 4.69) is 5.32 Å². The molecule has 0 spiro atoms. The van der Waals surface area contributed by atoms with Crippen molar-refractivity contribution in [3.05, 3.63) is 62.7 Å². The largest absolute Gasteiger partial charge is 0.491 e. The minimum atomic E-state index is -0.563. The Bertz CT molecular complexity index is 905. The molecular weight excluding hydrogens is 399 g/mol. The van der Waals surface area contributed by atoms with Crippen molar-refractivity contribution < 1.29 is 14.3 Å². The van der Waals surface area contributed by atoms with Crippen LogP contribution in [0, 0.1) is 0 Å². The van der Waals surface area contributed by atoms with E-state index in [4.69, 9.17) is 39.5 Å². The van der Waals surface area contributed by atoms with E-state index in [0.29, 0.717) is 38.7 Å². The van der Waals surface area contributed by atoms with Crippen LogP contribution in [0.15, 0.2) is 42.1 Å². The van der Waals surface area contributed by atoms with Crippen molar-refractivity contribution in [2.75, 3.05) is 11.5 Å². The summed E-state index contributed by atoms with van der Waals surface area (Å²) >= 11 is 18.3. The molecule has 1 N–H and O–H groups in total. The van der Waals surface area contributed by atoms with Gasteiger partial charge in [-0.3, -0.25) is 4.79 Å². The summed E-state index contributed by atoms with van der Waals surface area (Å²) in [5.74, 6) is -0.126. The maximum Gasteiger partial charge on any atom is 0.333 e. The molecule has 0 unspecified atom stereocenters. The third-order valence-electron chi connectivity index (χ3n) is 3.56. The Labute approximate surface area is 165 Å². The summed E-state index contributed by atoms with van der Waals surface area (Å²) in [6.07, 6.45) is 1.50. The third-order valence-corrected chi connectivity index (χ3v) is 4.36. The average molecular weight is 412 g/mol. The molecule has 8 heteroatoms. The first kappa shape index (κ1) is 18.6. The fourth-order valence-corrected chi connectivity index (χ4v) is 3.29. The summed E-state index contributed by atoms with van der Waals surface area (Å²) in [7, 11) is 0. The van der Waals surface area contributed by atoms with Crippen molar-refractivity contribution in [1.82, 2.24) is 5.32 Å². The van der Waals surface area contributed by atoms with Crippen molar-refractivity contribution >= 4 is 58.5 Å². The van der Waals surface area contributed by atoms with Crippen LogP contribution in [0.3, 0.4) is 0 Å². The van der Waals surface area contributed by atoms with Crippen LogP contribution in [0.1, 0.15) is 12.5 Å². The first-order valence-corrected chi connectivity index (χ1v) is 8.78. The predicted molar refractivity (Wildman–Crippen MR) is 103 cm³/mol. The number of nitrogens with one attached hydrogen (secondary N) is 1. The molecule has 2 aromatic carbocycles. The number of amides is 3. The van der Waals surface area contributed by atoms with Crippen LogP contribution in [0.4, 0.5) is 10.5 Å². The van der Waals surface area contributed by atoms with Gasteiger partial charge in [-0.1, -0.05) is 40.9 Å². The van der Waals surface area contributed by atoms with Gasteiger partial charge in [0.05, 0.1) is 22.3 Å². The number of carbonyl (C=O) groups excluding carboxylic acids is 2. The highest BCUT2D eigenvalue weighted by molar-refractivity contribution is 6.37. The molecule has 1 saturated heterocycles. The highest BCUT2D eigenvalue weighted by Crippen LogP contribution is 2.35. The van der Waals surface area contributed by atoms with Crippen molar-refractivity contribution in [3.63, 3.8) is 0 Å². The first-order chi connectivity index (χ1) is 12.4. The van der Waals surface area contributed by atoms with Crippen molar-refractivity contribution in [2.45, 2.75) is 6.92 Å². The van der Waals surface area contributed by atoms with E-state index in [9.17, 15) is 9.59 Å². The van der Waals surface area contributed by atoms with E-state index in [1.54, 1.807) is 30.3 Å². The second-order valence-electron chi connectivity index (χ2n) is 5.36. The molecule has 0 radical (unpaired) electrons. The summed E-state index contributed by atoms with van der Waals surface area (Å²) < 4.78 is 5.37. The minimum Gasteiger partial charge on any atom is -0.491 e. The topological polar surface area (TPSA) is 58.6 Å². The van der Waals surface area contributed by atoms with Crippen LogP contribution in [0.2, 0.25) is 15.1 Å². The summed E-state index contributed by atoms with van der Waals surface area (Å²) in [4.78, 5) is 25.8. The number of anilines is 1. The zero-order valence-corrected chi connectivity index (χ0v) is 15.8. The van der Waals surface area contributed by atoms with E-state index in [-0.39, 0.29) is 5.70 Å². The molecule has 2 aromatic rings. The molecule has 0 atom stereocenters. The molecule has 1 fully saturated rings. The van der Waals surface area contributed by atoms with E-state index in [1.807, 2.05) is 6.92 Å². The standard InChI is InChI=1S/C18H13Cl3N2O3/c1-2-26-16-13(20)6-10(7-14(16)21)8-15-17(24)23(18(25)22-15)12-5-3-4-11(19)9-12/h3-9H,2H2,1H3,(H,22,25). The van der Waals surface area contributed by atoms with Gasteiger partial charge in [-0.15, -0.1) is 0 Å². The third kappa shape index (κ3) is 3.65. The fourth-order valence-electron chi connectivity index (χ4n) is 2.50. The van der Waals surface area contributed by atoms with Crippen molar-refractivity contribution in [1.29, 1.82) is 0 Å². The van der Waals surface area contributed by atoms with Gasteiger partial charge >= 0.3 is 6.03 Å². The molecule has 0 bridgehead atoms. The Hall–Kier alpha value is -2.21. The molecular formula is C18H13Cl3N2O3. The molecule has 3 rings (SSSR count). The first-order valence-electron chi connectivity index (χ1n) is 7.65. The van der Waals surface area contributed by atoms with Crippen LogP contribution < -0.4 is 15.0 Å². The Morgan fingerprint density at radius 2 is 1.81 bits per heavy atom. The van der Waals surface area contributed by atoms with Gasteiger partial charge in [0.25, 0.3) is 5.91 Å². The number of halogens is 3. The van der Waals surface area contributed by atoms with Crippen LogP contribution in [0.5, 0.6) is 5.75 Å². The number of rotatable bonds is 4. The van der Waals surface area contributed by atoms with Gasteiger partial charge in [-0.25, -0.2) is 9.69 Å². The fraction of sp³-hybridized carbons (Fsp3) is 0.111. The summed E-state index contributed by atoms with van der Waals surface area (Å²) in [5.41, 5.74) is 1.04. The average Bonchev–Trinajstić information content (AvgIpc) is 2.85. The van der Waals surface area contributed by atoms with E-state index in [0.717, 1.165) is 4.90 Å². The van der Waals surface area contributed by atoms with Crippen molar-refractivity contribution in [3.8, 4) is 5.75 Å². The normalized spacial score (nSPS) is 15.5. The van der Waals surface area contributed by atoms with Crippen LogP contribution >= 0.6 is 34.8 Å². The zero-order valence-electron chi connectivity index (χ0n) is 13.6. The molecule has 134 valence electrons. The monoisotopic (exact) mass is 410 g/mol. The van der Waals surface area contributed by atoms with Crippen LogP contribution in [-0.2, 0) is 4.79 Å². The molecule has 1 heterocycles. The minimum absolute atomic E-state index is 0.103. The summed E-state index contributed by atoms with van der Waals surface area (Å²) in [6.45, 7) is 2.24. The number of urea groups is 1. The predicted octanol–water partition coefficient (Wildman–Crippen LogP) is 5.14. The zero-order chi connectivity index (χ0) is 18.8. The number of hydrogen-bond acceptors (Lipinski definition) is 3. The lowest BCUT2D eigenvalue weighted by molar-refractivity contribution is -0.113. The molecule has 1 aliphatic rings. The summed E-state index contributed by atoms with van der Waals surface area (Å²) in [5, 5.41) is 3.59. The number of nitrogens with zero attached hydrogens (tertiary/aromatic N) is 1. The number of carbonyl (C=O) groups is 2. The van der Waals surface area contributed by atoms with Gasteiger partial charge in [-0.2, -0.15) is 0 Å². The van der Waals surface area contributed by atoms with E-state index in [1.165, 1.54) is 12.1 Å². The molecule has 1 aliphatic heterocycles.